The Morgan fingerprint density at radius 3 is 2.22 bits per heavy atom. The first-order valence-electron chi connectivity index (χ1n) is 15.6. The molecule has 0 atom stereocenters. The second-order valence-electron chi connectivity index (χ2n) is 9.72. The monoisotopic (exact) mass is 609 g/mol. The van der Waals surface area contributed by atoms with Crippen LogP contribution in [0.4, 0.5) is 0 Å². The van der Waals surface area contributed by atoms with Crippen molar-refractivity contribution in [1.82, 2.24) is 9.38 Å². The second-order valence-corrected chi connectivity index (χ2v) is 9.72. The van der Waals surface area contributed by atoms with Gasteiger partial charge in [0.2, 0.25) is 0 Å². The largest absolute Gasteiger partial charge is 0.340 e. The Morgan fingerprint density at radius 2 is 1.56 bits per heavy atom. The van der Waals surface area contributed by atoms with Gasteiger partial charge in [-0.3, -0.25) is 4.98 Å². The van der Waals surface area contributed by atoms with Crippen LogP contribution in [0.3, 0.4) is 0 Å². The summed E-state index contributed by atoms with van der Waals surface area (Å²) >= 11 is 0. The van der Waals surface area contributed by atoms with Crippen molar-refractivity contribution in [3.63, 3.8) is 0 Å². The van der Waals surface area contributed by atoms with Crippen LogP contribution in [0.5, 0.6) is 0 Å². The molecular weight excluding hydrogens is 569 g/mol. The van der Waals surface area contributed by atoms with E-state index < -0.39 is 53.4 Å². The first kappa shape index (κ1) is 12.7. The third-order valence-corrected chi connectivity index (χ3v) is 5.27. The molecule has 32 heavy (non-hydrogen) atoms. The van der Waals surface area contributed by atoms with Crippen LogP contribution in [0.2, 0.25) is 0 Å². The van der Waals surface area contributed by atoms with Gasteiger partial charge in [-0.15, -0.1) is 29.6 Å². The second kappa shape index (κ2) is 7.83. The van der Waals surface area contributed by atoms with Gasteiger partial charge in [-0.1, -0.05) is 77.1 Å². The maximum Gasteiger partial charge on any atom is 0.0846 e. The van der Waals surface area contributed by atoms with Crippen molar-refractivity contribution in [2.75, 3.05) is 0 Å². The van der Waals surface area contributed by atoms with Crippen molar-refractivity contribution < 1.29 is 35.2 Å². The van der Waals surface area contributed by atoms with Crippen molar-refractivity contribution in [3.05, 3.63) is 83.9 Å². The number of hydrogen-bond donors (Lipinski definition) is 0. The smallest absolute Gasteiger partial charge is 0.0846 e. The predicted molar refractivity (Wildman–Crippen MR) is 132 cm³/mol. The molecular formula is C29H29IrN2-. The Morgan fingerprint density at radius 1 is 0.875 bits per heavy atom. The zero-order valence-corrected chi connectivity index (χ0v) is 21.1. The van der Waals surface area contributed by atoms with Crippen LogP contribution in [0.25, 0.3) is 38.4 Å². The summed E-state index contributed by atoms with van der Waals surface area (Å²) in [7, 11) is 0. The van der Waals surface area contributed by atoms with Gasteiger partial charge in [0.1, 0.15) is 0 Å². The SMILES string of the molecule is [2H]c1[c-]c2c(c([2H])c1[2H])c1c([2H])c(C(C)(C)C)c([2H])c(-c3c([2H])c([2H])c(C(C)(C)C)c([2H])c3[2H])c1n1c([2H])c([2H])nc21.[Ir]. The molecule has 165 valence electrons. The summed E-state index contributed by atoms with van der Waals surface area (Å²) in [6.07, 6.45) is -0.889. The standard InChI is InChI=1S/C29H29N2.Ir/c1-28(2,3)20-13-11-19(12-14-20)24-17-21(29(4,5)6)18-25-22-9-7-8-10-23(22)27-30-15-16-31(27)26(24)25;/h7-9,11-18H,1-6H3;/q-1;/i7D,8D,9D,11D,12D,13D,14D,15D,16D,17D,18D;. The van der Waals surface area contributed by atoms with E-state index >= 15 is 0 Å². The molecule has 0 saturated heterocycles. The molecule has 0 unspecified atom stereocenters. The minimum absolute atomic E-state index is 0. The molecule has 0 fully saturated rings. The number of hydrogen-bond acceptors (Lipinski definition) is 1. The fraction of sp³-hybridized carbons (Fsp3) is 0.276. The summed E-state index contributed by atoms with van der Waals surface area (Å²) in [4.78, 5) is 4.19. The summed E-state index contributed by atoms with van der Waals surface area (Å²) < 4.78 is 98.2. The summed E-state index contributed by atoms with van der Waals surface area (Å²) in [5.74, 6) is 0. The molecule has 2 heterocycles. The van der Waals surface area contributed by atoms with E-state index in [-0.39, 0.29) is 93.9 Å². The van der Waals surface area contributed by atoms with Crippen LogP contribution in [-0.2, 0) is 30.9 Å². The van der Waals surface area contributed by atoms with E-state index in [4.69, 9.17) is 12.3 Å². The Hall–Kier alpha value is -2.48. The normalized spacial score (nSPS) is 17.2. The molecule has 0 saturated carbocycles. The molecule has 3 aromatic carbocycles. The van der Waals surface area contributed by atoms with Crippen molar-refractivity contribution in [2.24, 2.45) is 0 Å². The fourth-order valence-electron chi connectivity index (χ4n) is 3.53. The minimum Gasteiger partial charge on any atom is -0.340 e. The number of benzene rings is 3. The molecule has 1 radical (unpaired) electrons. The van der Waals surface area contributed by atoms with Gasteiger partial charge in [-0.2, -0.15) is 0 Å². The van der Waals surface area contributed by atoms with Gasteiger partial charge >= 0.3 is 0 Å². The number of pyridine rings is 1. The number of aromatic nitrogens is 2. The van der Waals surface area contributed by atoms with Gasteiger partial charge in [0.15, 0.2) is 0 Å². The van der Waals surface area contributed by atoms with E-state index in [9.17, 15) is 2.74 Å². The summed E-state index contributed by atoms with van der Waals surface area (Å²) in [5.41, 5.74) is -1.60. The third kappa shape index (κ3) is 3.68. The van der Waals surface area contributed by atoms with Gasteiger partial charge in [-0.25, -0.2) is 0 Å². The van der Waals surface area contributed by atoms with Crippen molar-refractivity contribution in [1.29, 1.82) is 0 Å². The molecule has 0 aliphatic carbocycles. The van der Waals surface area contributed by atoms with Crippen molar-refractivity contribution >= 4 is 27.3 Å². The van der Waals surface area contributed by atoms with E-state index in [1.165, 1.54) is 4.40 Å². The van der Waals surface area contributed by atoms with Crippen LogP contribution in [0.15, 0.2) is 66.7 Å². The fourth-order valence-corrected chi connectivity index (χ4v) is 3.53. The third-order valence-electron chi connectivity index (χ3n) is 5.27. The molecule has 2 nitrogen and oxygen atoms in total. The van der Waals surface area contributed by atoms with Gasteiger partial charge in [0, 0.05) is 46.3 Å². The molecule has 5 aromatic rings. The molecule has 0 aliphatic heterocycles. The molecule has 0 amide bonds. The number of fused-ring (bicyclic) bond motifs is 6. The van der Waals surface area contributed by atoms with Crippen LogP contribution in [0, 0.1) is 6.07 Å². The van der Waals surface area contributed by atoms with Crippen LogP contribution >= 0.6 is 0 Å². The molecule has 0 spiro atoms. The van der Waals surface area contributed by atoms with Crippen LogP contribution in [0.1, 0.15) is 67.7 Å². The molecule has 0 aliphatic rings. The van der Waals surface area contributed by atoms with Crippen molar-refractivity contribution in [2.45, 2.75) is 52.4 Å². The van der Waals surface area contributed by atoms with E-state index in [0.29, 0.717) is 0 Å². The zero-order valence-electron chi connectivity index (χ0n) is 29.7. The zero-order chi connectivity index (χ0) is 31.5. The van der Waals surface area contributed by atoms with Crippen molar-refractivity contribution in [3.8, 4) is 11.1 Å². The average Bonchev–Trinajstić information content (AvgIpc) is 3.15. The number of rotatable bonds is 1. The average molecular weight is 609 g/mol. The molecule has 3 heteroatoms. The van der Waals surface area contributed by atoms with Crippen LogP contribution < -0.4 is 0 Å². The molecule has 0 bridgehead atoms. The van der Waals surface area contributed by atoms with Gasteiger partial charge in [0.25, 0.3) is 0 Å². The summed E-state index contributed by atoms with van der Waals surface area (Å²) in [6.45, 7) is 10.7. The maximum atomic E-state index is 9.39. The Kier molecular flexibility index (Phi) is 3.10. The Balaban J connectivity index is 0.00000423. The topological polar surface area (TPSA) is 17.3 Å². The summed E-state index contributed by atoms with van der Waals surface area (Å²) in [5, 5.41) is 0.0906. The first-order chi connectivity index (χ1) is 19.2. The minimum atomic E-state index is -0.841. The van der Waals surface area contributed by atoms with E-state index in [1.807, 2.05) is 0 Å². The number of imidazole rings is 1. The predicted octanol–water partition coefficient (Wildman–Crippen LogP) is 7.70. The first-order valence-corrected chi connectivity index (χ1v) is 10.1. The van der Waals surface area contributed by atoms with Gasteiger partial charge in [0.05, 0.1) is 16.6 Å². The maximum absolute atomic E-state index is 9.39. The summed E-state index contributed by atoms with van der Waals surface area (Å²) in [6, 6.07) is -0.308. The van der Waals surface area contributed by atoms with Gasteiger partial charge in [-0.05, 0) is 40.3 Å². The molecule has 2 aromatic heterocycles. The number of nitrogens with zero attached hydrogens (tertiary/aromatic N) is 2. The quantitative estimate of drug-likeness (QED) is 0.141. The Bertz CT molecular complexity index is 1990. The Labute approximate surface area is 219 Å². The van der Waals surface area contributed by atoms with E-state index in [2.05, 4.69) is 11.1 Å². The van der Waals surface area contributed by atoms with E-state index in [1.54, 1.807) is 41.5 Å². The van der Waals surface area contributed by atoms with Crippen LogP contribution in [-0.4, -0.2) is 9.38 Å². The van der Waals surface area contributed by atoms with Gasteiger partial charge < -0.3 is 4.40 Å². The molecule has 5 rings (SSSR count). The van der Waals surface area contributed by atoms with E-state index in [0.717, 1.165) is 0 Å². The molecule has 0 N–H and O–H groups in total.